The number of carbonyl (C=O) groups is 1. The summed E-state index contributed by atoms with van der Waals surface area (Å²) in [6, 6.07) is 17.5. The highest BCUT2D eigenvalue weighted by atomic mass is 16.3. The number of amides is 1. The van der Waals surface area contributed by atoms with E-state index in [2.05, 4.69) is 11.4 Å². The molecule has 0 saturated heterocycles. The first-order valence-corrected chi connectivity index (χ1v) is 8.50. The maximum atomic E-state index is 13.3. The van der Waals surface area contributed by atoms with E-state index in [1.807, 2.05) is 60.5 Å². The molecule has 1 heterocycles. The van der Waals surface area contributed by atoms with Gasteiger partial charge in [0, 0.05) is 12.2 Å². The van der Waals surface area contributed by atoms with E-state index >= 15 is 0 Å². The standard InChI is InChI=1S/C20H22N2O2/c1-21-13-17(23)18(14-7-3-2-4-8-14)22-16-10-6-5-9-15(16)20(11-12-20)19(22)24/h2-10,17-18,21,23H,11-13H2,1H3/t17?,18-/m0/s1. The number of aliphatic hydroxyl groups excluding tert-OH is 1. The molecule has 1 saturated carbocycles. The van der Waals surface area contributed by atoms with Gasteiger partial charge in [-0.2, -0.15) is 0 Å². The highest BCUT2D eigenvalue weighted by Gasteiger charge is 2.60. The fraction of sp³-hybridized carbons (Fsp3) is 0.350. The number of likely N-dealkylation sites (N-methyl/N-ethyl adjacent to an activating group) is 1. The van der Waals surface area contributed by atoms with Crippen LogP contribution in [0.3, 0.4) is 0 Å². The van der Waals surface area contributed by atoms with E-state index in [1.54, 1.807) is 0 Å². The van der Waals surface area contributed by atoms with Crippen LogP contribution in [-0.4, -0.2) is 30.7 Å². The first-order chi connectivity index (χ1) is 11.7. The van der Waals surface area contributed by atoms with E-state index in [-0.39, 0.29) is 17.4 Å². The van der Waals surface area contributed by atoms with Crippen molar-refractivity contribution in [2.24, 2.45) is 0 Å². The van der Waals surface area contributed by atoms with Crippen LogP contribution in [0.2, 0.25) is 0 Å². The Morgan fingerprint density at radius 2 is 1.79 bits per heavy atom. The molecule has 1 unspecified atom stereocenters. The van der Waals surface area contributed by atoms with Crippen LogP contribution >= 0.6 is 0 Å². The number of benzene rings is 2. The van der Waals surface area contributed by atoms with Gasteiger partial charge in [0.05, 0.1) is 17.6 Å². The molecular weight excluding hydrogens is 300 g/mol. The van der Waals surface area contributed by atoms with E-state index in [4.69, 9.17) is 0 Å². The number of carbonyl (C=O) groups excluding carboxylic acids is 1. The van der Waals surface area contributed by atoms with Gasteiger partial charge >= 0.3 is 0 Å². The first-order valence-electron chi connectivity index (χ1n) is 8.50. The molecular formula is C20H22N2O2. The molecule has 1 amide bonds. The fourth-order valence-corrected chi connectivity index (χ4v) is 3.94. The molecule has 1 fully saturated rings. The molecule has 4 heteroatoms. The van der Waals surface area contributed by atoms with Crippen molar-refractivity contribution >= 4 is 11.6 Å². The summed E-state index contributed by atoms with van der Waals surface area (Å²) in [5.41, 5.74) is 2.68. The number of aliphatic hydroxyl groups is 1. The molecule has 4 nitrogen and oxygen atoms in total. The van der Waals surface area contributed by atoms with Gasteiger partial charge in [-0.25, -0.2) is 0 Å². The van der Waals surface area contributed by atoms with Crippen molar-refractivity contribution in [3.8, 4) is 0 Å². The molecule has 124 valence electrons. The lowest BCUT2D eigenvalue weighted by atomic mass is 9.98. The molecule has 0 bridgehead atoms. The highest BCUT2D eigenvalue weighted by molar-refractivity contribution is 6.10. The molecule has 1 aliphatic carbocycles. The number of anilines is 1. The minimum Gasteiger partial charge on any atom is -0.389 e. The molecule has 0 aromatic heterocycles. The Morgan fingerprint density at radius 3 is 2.46 bits per heavy atom. The van der Waals surface area contributed by atoms with Crippen LogP contribution in [0.15, 0.2) is 54.6 Å². The monoisotopic (exact) mass is 322 g/mol. The Morgan fingerprint density at radius 1 is 1.12 bits per heavy atom. The Balaban J connectivity index is 1.83. The maximum absolute atomic E-state index is 13.3. The van der Waals surface area contributed by atoms with E-state index in [0.717, 1.165) is 29.7 Å². The van der Waals surface area contributed by atoms with Crippen molar-refractivity contribution in [3.63, 3.8) is 0 Å². The summed E-state index contributed by atoms with van der Waals surface area (Å²) in [5, 5.41) is 13.8. The second kappa shape index (κ2) is 5.72. The van der Waals surface area contributed by atoms with Crippen molar-refractivity contribution in [2.75, 3.05) is 18.5 Å². The average Bonchev–Trinajstić information content (AvgIpc) is 3.38. The van der Waals surface area contributed by atoms with Gasteiger partial charge < -0.3 is 15.3 Å². The fourth-order valence-electron chi connectivity index (χ4n) is 3.94. The zero-order valence-corrected chi connectivity index (χ0v) is 13.8. The molecule has 1 aliphatic heterocycles. The van der Waals surface area contributed by atoms with E-state index in [0.29, 0.717) is 6.54 Å². The van der Waals surface area contributed by atoms with Crippen LogP contribution in [0.25, 0.3) is 0 Å². The van der Waals surface area contributed by atoms with Gasteiger partial charge in [0.15, 0.2) is 0 Å². The largest absolute Gasteiger partial charge is 0.389 e. The van der Waals surface area contributed by atoms with Crippen LogP contribution in [0, 0.1) is 0 Å². The SMILES string of the molecule is CNCC(O)[C@H](c1ccccc1)N1C(=O)C2(CC2)c2ccccc21. The minimum absolute atomic E-state index is 0.132. The topological polar surface area (TPSA) is 52.6 Å². The highest BCUT2D eigenvalue weighted by Crippen LogP contribution is 2.59. The van der Waals surface area contributed by atoms with Gasteiger partial charge in [-0.3, -0.25) is 4.79 Å². The summed E-state index contributed by atoms with van der Waals surface area (Å²) < 4.78 is 0. The van der Waals surface area contributed by atoms with Gasteiger partial charge in [0.2, 0.25) is 5.91 Å². The normalized spacial score (nSPS) is 20.1. The quantitative estimate of drug-likeness (QED) is 0.889. The second-order valence-corrected chi connectivity index (χ2v) is 6.75. The summed E-state index contributed by atoms with van der Waals surface area (Å²) in [6.45, 7) is 0.429. The Kier molecular flexibility index (Phi) is 3.66. The number of rotatable bonds is 5. The minimum atomic E-state index is -0.677. The number of nitrogens with one attached hydrogen (secondary N) is 1. The third kappa shape index (κ3) is 2.18. The molecule has 24 heavy (non-hydrogen) atoms. The summed E-state index contributed by atoms with van der Waals surface area (Å²) in [4.78, 5) is 15.1. The van der Waals surface area contributed by atoms with E-state index < -0.39 is 6.10 Å². The Bertz CT molecular complexity index is 755. The van der Waals surface area contributed by atoms with Crippen LogP contribution in [0.1, 0.15) is 30.0 Å². The number of hydrogen-bond acceptors (Lipinski definition) is 3. The molecule has 4 rings (SSSR count). The average molecular weight is 322 g/mol. The lowest BCUT2D eigenvalue weighted by Gasteiger charge is -2.33. The van der Waals surface area contributed by atoms with E-state index in [1.165, 1.54) is 0 Å². The second-order valence-electron chi connectivity index (χ2n) is 6.75. The van der Waals surface area contributed by atoms with Crippen LogP contribution in [0.5, 0.6) is 0 Å². The molecule has 2 aromatic rings. The number of para-hydroxylation sites is 1. The molecule has 2 aromatic carbocycles. The first kappa shape index (κ1) is 15.4. The van der Waals surface area contributed by atoms with Crippen LogP contribution in [0.4, 0.5) is 5.69 Å². The number of nitrogens with zero attached hydrogens (tertiary/aromatic N) is 1. The van der Waals surface area contributed by atoms with Gasteiger partial charge in [0.1, 0.15) is 0 Å². The Labute approximate surface area is 142 Å². The van der Waals surface area contributed by atoms with Crippen molar-refractivity contribution in [3.05, 3.63) is 65.7 Å². The molecule has 2 atom stereocenters. The summed E-state index contributed by atoms with van der Waals surface area (Å²) in [7, 11) is 1.81. The molecule has 0 radical (unpaired) electrons. The Hall–Kier alpha value is -2.17. The van der Waals surface area contributed by atoms with E-state index in [9.17, 15) is 9.90 Å². The van der Waals surface area contributed by atoms with Gasteiger partial charge in [0.25, 0.3) is 0 Å². The van der Waals surface area contributed by atoms with Crippen molar-refractivity contribution in [1.29, 1.82) is 0 Å². The molecule has 1 spiro atoms. The predicted molar refractivity (Wildman–Crippen MR) is 94.0 cm³/mol. The zero-order valence-electron chi connectivity index (χ0n) is 13.8. The third-order valence-corrected chi connectivity index (χ3v) is 5.25. The van der Waals surface area contributed by atoms with Crippen molar-refractivity contribution < 1.29 is 9.90 Å². The third-order valence-electron chi connectivity index (χ3n) is 5.25. The maximum Gasteiger partial charge on any atom is 0.238 e. The summed E-state index contributed by atoms with van der Waals surface area (Å²) in [5.74, 6) is 0.132. The smallest absolute Gasteiger partial charge is 0.238 e. The van der Waals surface area contributed by atoms with Gasteiger partial charge in [-0.05, 0) is 37.1 Å². The van der Waals surface area contributed by atoms with Crippen molar-refractivity contribution in [1.82, 2.24) is 5.32 Å². The lowest BCUT2D eigenvalue weighted by Crippen LogP contribution is -2.44. The lowest BCUT2D eigenvalue weighted by molar-refractivity contribution is -0.121. The predicted octanol–water partition coefficient (Wildman–Crippen LogP) is 2.39. The summed E-state index contributed by atoms with van der Waals surface area (Å²) in [6.07, 6.45) is 1.13. The van der Waals surface area contributed by atoms with Gasteiger partial charge in [-0.15, -0.1) is 0 Å². The number of fused-ring (bicyclic) bond motifs is 2. The number of hydrogen-bond donors (Lipinski definition) is 2. The molecule has 2 aliphatic rings. The van der Waals surface area contributed by atoms with Crippen molar-refractivity contribution in [2.45, 2.75) is 30.4 Å². The van der Waals surface area contributed by atoms with Gasteiger partial charge in [-0.1, -0.05) is 48.5 Å². The molecule has 2 N–H and O–H groups in total. The van der Waals surface area contributed by atoms with Crippen LogP contribution in [-0.2, 0) is 10.2 Å². The summed E-state index contributed by atoms with van der Waals surface area (Å²) >= 11 is 0. The van der Waals surface area contributed by atoms with Crippen LogP contribution < -0.4 is 10.2 Å². The zero-order chi connectivity index (χ0) is 16.7.